The number of halogens is 1. The molecule has 19 heavy (non-hydrogen) atoms. The summed E-state index contributed by atoms with van der Waals surface area (Å²) in [6, 6.07) is 5.66. The highest BCUT2D eigenvalue weighted by Gasteiger charge is 2.18. The maximum absolute atomic E-state index is 13.4. The number of benzene rings is 1. The van der Waals surface area contributed by atoms with Crippen molar-refractivity contribution < 1.29 is 18.7 Å². The van der Waals surface area contributed by atoms with Crippen molar-refractivity contribution in [2.24, 2.45) is 5.92 Å². The van der Waals surface area contributed by atoms with Gasteiger partial charge in [0.05, 0.1) is 12.2 Å². The predicted octanol–water partition coefficient (Wildman–Crippen LogP) is 2.10. The van der Waals surface area contributed by atoms with Gasteiger partial charge in [0, 0.05) is 7.05 Å². The van der Waals surface area contributed by atoms with Gasteiger partial charge in [-0.15, -0.1) is 0 Å². The topological polar surface area (TPSA) is 46.6 Å². The first kappa shape index (κ1) is 15.1. The summed E-state index contributed by atoms with van der Waals surface area (Å²) in [5.41, 5.74) is -0.0540. The largest absolute Gasteiger partial charge is 0.464 e. The average Bonchev–Trinajstić information content (AvgIpc) is 2.36. The second-order valence-corrected chi connectivity index (χ2v) is 4.72. The van der Waals surface area contributed by atoms with Crippen LogP contribution >= 0.6 is 0 Å². The van der Waals surface area contributed by atoms with Crippen molar-refractivity contribution in [1.82, 2.24) is 4.90 Å². The summed E-state index contributed by atoms with van der Waals surface area (Å²) in [4.78, 5) is 24.5. The Morgan fingerprint density at radius 1 is 1.32 bits per heavy atom. The number of nitrogens with zero attached hydrogens (tertiary/aromatic N) is 1. The number of rotatable bonds is 5. The number of ether oxygens (including phenoxy) is 1. The van der Waals surface area contributed by atoms with E-state index < -0.39 is 17.7 Å². The molecule has 0 fully saturated rings. The summed E-state index contributed by atoms with van der Waals surface area (Å²) < 4.78 is 18.4. The van der Waals surface area contributed by atoms with Crippen LogP contribution in [0.5, 0.6) is 0 Å². The van der Waals surface area contributed by atoms with Crippen LogP contribution in [0.4, 0.5) is 4.39 Å². The van der Waals surface area contributed by atoms with Crippen molar-refractivity contribution in [2.45, 2.75) is 13.8 Å². The summed E-state index contributed by atoms with van der Waals surface area (Å²) in [6.45, 7) is 3.95. The number of hydrogen-bond acceptors (Lipinski definition) is 3. The molecule has 0 N–H and O–H groups in total. The summed E-state index contributed by atoms with van der Waals surface area (Å²) >= 11 is 0. The average molecular weight is 267 g/mol. The number of esters is 1. The van der Waals surface area contributed by atoms with Crippen LogP contribution in [-0.4, -0.2) is 37.0 Å². The van der Waals surface area contributed by atoms with Crippen LogP contribution in [0.25, 0.3) is 0 Å². The van der Waals surface area contributed by atoms with E-state index in [9.17, 15) is 14.0 Å². The van der Waals surface area contributed by atoms with Crippen LogP contribution in [0.1, 0.15) is 24.2 Å². The van der Waals surface area contributed by atoms with E-state index in [2.05, 4.69) is 0 Å². The normalized spacial score (nSPS) is 10.4. The maximum Gasteiger partial charge on any atom is 0.325 e. The first-order valence-corrected chi connectivity index (χ1v) is 6.07. The lowest BCUT2D eigenvalue weighted by atomic mass is 10.2. The fraction of sp³-hybridized carbons (Fsp3) is 0.429. The smallest absolute Gasteiger partial charge is 0.325 e. The summed E-state index contributed by atoms with van der Waals surface area (Å²) in [5.74, 6) is -1.41. The molecule has 0 spiro atoms. The van der Waals surface area contributed by atoms with Crippen molar-refractivity contribution in [1.29, 1.82) is 0 Å². The van der Waals surface area contributed by atoms with Gasteiger partial charge in [-0.05, 0) is 18.1 Å². The second kappa shape index (κ2) is 6.87. The van der Waals surface area contributed by atoms with Gasteiger partial charge in [-0.1, -0.05) is 26.0 Å². The van der Waals surface area contributed by atoms with Gasteiger partial charge in [0.25, 0.3) is 5.91 Å². The van der Waals surface area contributed by atoms with Crippen LogP contribution in [0.2, 0.25) is 0 Å². The molecule has 0 aliphatic rings. The highest BCUT2D eigenvalue weighted by atomic mass is 19.1. The van der Waals surface area contributed by atoms with Crippen molar-refractivity contribution >= 4 is 11.9 Å². The Balaban J connectivity index is 2.58. The van der Waals surface area contributed by atoms with E-state index in [1.807, 2.05) is 13.8 Å². The molecule has 1 aromatic carbocycles. The molecule has 0 radical (unpaired) electrons. The van der Waals surface area contributed by atoms with E-state index in [1.54, 1.807) is 6.07 Å². The Bertz CT molecular complexity index is 460. The minimum absolute atomic E-state index is 0.0540. The molecular formula is C14H18FNO3. The molecule has 0 aromatic heterocycles. The number of carbonyl (C=O) groups excluding carboxylic acids is 2. The molecule has 1 amide bonds. The Labute approximate surface area is 112 Å². The second-order valence-electron chi connectivity index (χ2n) is 4.72. The van der Waals surface area contributed by atoms with E-state index >= 15 is 0 Å². The first-order chi connectivity index (χ1) is 8.91. The van der Waals surface area contributed by atoms with E-state index in [0.29, 0.717) is 6.61 Å². The zero-order valence-electron chi connectivity index (χ0n) is 11.4. The molecule has 0 saturated heterocycles. The number of hydrogen-bond donors (Lipinski definition) is 0. The Hall–Kier alpha value is -1.91. The van der Waals surface area contributed by atoms with Crippen molar-refractivity contribution in [3.63, 3.8) is 0 Å². The van der Waals surface area contributed by atoms with E-state index in [-0.39, 0.29) is 18.0 Å². The molecule has 0 aliphatic carbocycles. The minimum atomic E-state index is -0.602. The molecule has 0 heterocycles. The SMILES string of the molecule is CC(C)COC(=O)CN(C)C(=O)c1ccccc1F. The summed E-state index contributed by atoms with van der Waals surface area (Å²) in [5, 5.41) is 0. The molecular weight excluding hydrogens is 249 g/mol. The lowest BCUT2D eigenvalue weighted by molar-refractivity contribution is -0.145. The third-order valence-electron chi connectivity index (χ3n) is 2.39. The lowest BCUT2D eigenvalue weighted by Gasteiger charge is -2.17. The Morgan fingerprint density at radius 3 is 2.53 bits per heavy atom. The summed E-state index contributed by atoms with van der Waals surface area (Å²) in [6.07, 6.45) is 0. The quantitative estimate of drug-likeness (QED) is 0.767. The van der Waals surface area contributed by atoms with Crippen LogP contribution in [0, 0.1) is 11.7 Å². The molecule has 5 heteroatoms. The lowest BCUT2D eigenvalue weighted by Crippen LogP contribution is -2.33. The van der Waals surface area contributed by atoms with E-state index in [0.717, 1.165) is 4.90 Å². The van der Waals surface area contributed by atoms with Gasteiger partial charge < -0.3 is 9.64 Å². The van der Waals surface area contributed by atoms with Crippen LogP contribution in [0.3, 0.4) is 0 Å². The van der Waals surface area contributed by atoms with Crippen LogP contribution in [0.15, 0.2) is 24.3 Å². The molecule has 0 saturated carbocycles. The number of amides is 1. The third-order valence-corrected chi connectivity index (χ3v) is 2.39. The van der Waals surface area contributed by atoms with Crippen LogP contribution < -0.4 is 0 Å². The first-order valence-electron chi connectivity index (χ1n) is 6.07. The van der Waals surface area contributed by atoms with Crippen LogP contribution in [-0.2, 0) is 9.53 Å². The molecule has 0 unspecified atom stereocenters. The van der Waals surface area contributed by atoms with E-state index in [1.165, 1.54) is 25.2 Å². The number of likely N-dealkylation sites (N-methyl/N-ethyl adjacent to an activating group) is 1. The highest BCUT2D eigenvalue weighted by molar-refractivity contribution is 5.96. The fourth-order valence-electron chi connectivity index (χ4n) is 1.41. The van der Waals surface area contributed by atoms with Crippen molar-refractivity contribution in [3.05, 3.63) is 35.6 Å². The molecule has 0 atom stereocenters. The van der Waals surface area contributed by atoms with Gasteiger partial charge in [0.1, 0.15) is 12.4 Å². The van der Waals surface area contributed by atoms with Gasteiger partial charge in [0.2, 0.25) is 0 Å². The van der Waals surface area contributed by atoms with Gasteiger partial charge in [-0.25, -0.2) is 4.39 Å². The molecule has 4 nitrogen and oxygen atoms in total. The summed E-state index contributed by atoms with van der Waals surface area (Å²) in [7, 11) is 1.44. The van der Waals surface area contributed by atoms with E-state index in [4.69, 9.17) is 4.74 Å². The predicted molar refractivity (Wildman–Crippen MR) is 69.2 cm³/mol. The number of carbonyl (C=O) groups is 2. The highest BCUT2D eigenvalue weighted by Crippen LogP contribution is 2.09. The van der Waals surface area contributed by atoms with Gasteiger partial charge >= 0.3 is 5.97 Å². The Morgan fingerprint density at radius 2 is 1.95 bits per heavy atom. The molecule has 0 aliphatic heterocycles. The Kier molecular flexibility index (Phi) is 5.48. The van der Waals surface area contributed by atoms with Gasteiger partial charge in [-0.2, -0.15) is 0 Å². The standard InChI is InChI=1S/C14H18FNO3/c1-10(2)9-19-13(17)8-16(3)14(18)11-6-4-5-7-12(11)15/h4-7,10H,8-9H2,1-3H3. The van der Waals surface area contributed by atoms with Gasteiger partial charge in [-0.3, -0.25) is 9.59 Å². The van der Waals surface area contributed by atoms with Crippen molar-refractivity contribution in [2.75, 3.05) is 20.2 Å². The van der Waals surface area contributed by atoms with Crippen molar-refractivity contribution in [3.8, 4) is 0 Å². The minimum Gasteiger partial charge on any atom is -0.464 e. The molecule has 0 bridgehead atoms. The zero-order valence-corrected chi connectivity index (χ0v) is 11.4. The maximum atomic E-state index is 13.4. The third kappa shape index (κ3) is 4.69. The monoisotopic (exact) mass is 267 g/mol. The fourth-order valence-corrected chi connectivity index (χ4v) is 1.41. The molecule has 1 aromatic rings. The zero-order chi connectivity index (χ0) is 14.4. The molecule has 1 rings (SSSR count). The molecule has 104 valence electrons. The van der Waals surface area contributed by atoms with Gasteiger partial charge in [0.15, 0.2) is 0 Å².